The molecule has 33 heavy (non-hydrogen) atoms. The molecule has 0 aliphatic carbocycles. The largest absolute Gasteiger partial charge is 0.416 e. The second-order valence-electron chi connectivity index (χ2n) is 7.51. The number of nitrogens with one attached hydrogen (secondary N) is 1. The lowest BCUT2D eigenvalue weighted by atomic mass is 10.00. The number of carbonyl (C=O) groups excluding carboxylic acids is 1. The Labute approximate surface area is 188 Å². The highest BCUT2D eigenvalue weighted by molar-refractivity contribution is 5.98. The van der Waals surface area contributed by atoms with Crippen molar-refractivity contribution >= 4 is 16.8 Å². The number of halogens is 3. The van der Waals surface area contributed by atoms with Gasteiger partial charge in [-0.1, -0.05) is 36.4 Å². The van der Waals surface area contributed by atoms with E-state index in [1.165, 1.54) is 6.07 Å². The molecule has 0 unspecified atom stereocenters. The number of amides is 1. The fraction of sp³-hybridized carbons (Fsp3) is 0.160. The second kappa shape index (κ2) is 9.17. The topological polar surface area (TPSA) is 70.7 Å². The number of fused-ring (bicyclic) bond motifs is 1. The first kappa shape index (κ1) is 22.1. The van der Waals surface area contributed by atoms with Gasteiger partial charge < -0.3 is 5.32 Å². The third kappa shape index (κ3) is 5.04. The first-order valence-electron chi connectivity index (χ1n) is 10.2. The van der Waals surface area contributed by atoms with Gasteiger partial charge in [0.2, 0.25) is 0 Å². The maximum absolute atomic E-state index is 13.0. The van der Waals surface area contributed by atoms with Gasteiger partial charge in [-0.25, -0.2) is 0 Å². The van der Waals surface area contributed by atoms with Gasteiger partial charge in [0.05, 0.1) is 30.1 Å². The predicted molar refractivity (Wildman–Crippen MR) is 118 cm³/mol. The van der Waals surface area contributed by atoms with Crippen LogP contribution in [0.25, 0.3) is 22.0 Å². The number of nitriles is 1. The zero-order valence-corrected chi connectivity index (χ0v) is 17.4. The highest BCUT2D eigenvalue weighted by Gasteiger charge is 2.30. The van der Waals surface area contributed by atoms with Gasteiger partial charge in [-0.3, -0.25) is 9.48 Å². The van der Waals surface area contributed by atoms with Crippen LogP contribution in [0.2, 0.25) is 0 Å². The SMILES string of the molecule is N#CCCNC(=O)c1cccc(-c2cccc3nn(Cc4cccc(C(F)(F)F)c4)cc23)c1. The Hall–Kier alpha value is -4.12. The maximum Gasteiger partial charge on any atom is 0.416 e. The molecule has 1 amide bonds. The van der Waals surface area contributed by atoms with Crippen LogP contribution in [0.5, 0.6) is 0 Å². The molecule has 0 aliphatic heterocycles. The highest BCUT2D eigenvalue weighted by Crippen LogP contribution is 2.31. The Balaban J connectivity index is 1.63. The molecule has 0 spiro atoms. The minimum atomic E-state index is -4.40. The van der Waals surface area contributed by atoms with Gasteiger partial charge in [-0.2, -0.15) is 23.5 Å². The smallest absolute Gasteiger partial charge is 0.351 e. The Morgan fingerprint density at radius 1 is 1.06 bits per heavy atom. The Kier molecular flexibility index (Phi) is 6.13. The van der Waals surface area contributed by atoms with E-state index in [2.05, 4.69) is 10.4 Å². The molecule has 3 aromatic carbocycles. The molecule has 8 heteroatoms. The first-order valence-corrected chi connectivity index (χ1v) is 10.2. The molecule has 0 saturated heterocycles. The summed E-state index contributed by atoms with van der Waals surface area (Å²) in [5, 5.41) is 16.7. The number of aromatic nitrogens is 2. The molecule has 0 fully saturated rings. The molecule has 4 aromatic rings. The van der Waals surface area contributed by atoms with E-state index < -0.39 is 11.7 Å². The monoisotopic (exact) mass is 448 g/mol. The van der Waals surface area contributed by atoms with Crippen molar-refractivity contribution in [3.8, 4) is 17.2 Å². The summed E-state index contributed by atoms with van der Waals surface area (Å²) in [7, 11) is 0. The molecule has 1 aromatic heterocycles. The number of benzene rings is 3. The van der Waals surface area contributed by atoms with E-state index >= 15 is 0 Å². The number of alkyl halides is 3. The normalized spacial score (nSPS) is 11.3. The predicted octanol–water partition coefficient (Wildman–Crippen LogP) is 5.41. The quantitative estimate of drug-likeness (QED) is 0.401. The summed E-state index contributed by atoms with van der Waals surface area (Å²) in [6, 6.07) is 19.9. The number of nitrogens with zero attached hydrogens (tertiary/aromatic N) is 3. The fourth-order valence-electron chi connectivity index (χ4n) is 3.62. The van der Waals surface area contributed by atoms with Crippen molar-refractivity contribution in [2.45, 2.75) is 19.1 Å². The van der Waals surface area contributed by atoms with E-state index in [-0.39, 0.29) is 25.4 Å². The summed E-state index contributed by atoms with van der Waals surface area (Å²) in [5.41, 5.74) is 2.64. The van der Waals surface area contributed by atoms with Gasteiger partial charge >= 0.3 is 6.18 Å². The van der Waals surface area contributed by atoms with E-state index in [9.17, 15) is 18.0 Å². The molecule has 5 nitrogen and oxygen atoms in total. The molecule has 4 rings (SSSR count). The zero-order valence-electron chi connectivity index (χ0n) is 17.4. The zero-order chi connectivity index (χ0) is 23.4. The molecule has 0 atom stereocenters. The van der Waals surface area contributed by atoms with Crippen LogP contribution in [0.3, 0.4) is 0 Å². The van der Waals surface area contributed by atoms with Crippen LogP contribution in [0.1, 0.15) is 27.9 Å². The molecule has 0 aliphatic rings. The number of hydrogen-bond donors (Lipinski definition) is 1. The van der Waals surface area contributed by atoms with Crippen molar-refractivity contribution < 1.29 is 18.0 Å². The van der Waals surface area contributed by atoms with E-state index in [0.29, 0.717) is 16.6 Å². The molecule has 1 heterocycles. The third-order valence-electron chi connectivity index (χ3n) is 5.15. The number of hydrogen-bond acceptors (Lipinski definition) is 3. The fourth-order valence-corrected chi connectivity index (χ4v) is 3.62. The van der Waals surface area contributed by atoms with Gasteiger partial charge in [0.15, 0.2) is 0 Å². The van der Waals surface area contributed by atoms with Gasteiger partial charge in [-0.15, -0.1) is 0 Å². The lowest BCUT2D eigenvalue weighted by molar-refractivity contribution is -0.137. The van der Waals surface area contributed by atoms with Crippen LogP contribution < -0.4 is 5.32 Å². The summed E-state index contributed by atoms with van der Waals surface area (Å²) in [6.07, 6.45) is -2.37. The van der Waals surface area contributed by atoms with Crippen LogP contribution in [-0.2, 0) is 12.7 Å². The first-order chi connectivity index (χ1) is 15.8. The minimum Gasteiger partial charge on any atom is -0.351 e. The Bertz CT molecular complexity index is 1350. The van der Waals surface area contributed by atoms with Gasteiger partial charge in [0.25, 0.3) is 5.91 Å². The number of rotatable bonds is 6. The van der Waals surface area contributed by atoms with E-state index in [1.54, 1.807) is 35.1 Å². The van der Waals surface area contributed by atoms with Gasteiger partial charge in [0.1, 0.15) is 0 Å². The van der Waals surface area contributed by atoms with Crippen LogP contribution in [0.4, 0.5) is 13.2 Å². The molecule has 166 valence electrons. The average Bonchev–Trinajstić information content (AvgIpc) is 3.21. The summed E-state index contributed by atoms with van der Waals surface area (Å²) < 4.78 is 40.7. The van der Waals surface area contributed by atoms with Crippen LogP contribution in [0, 0.1) is 11.3 Å². The van der Waals surface area contributed by atoms with Gasteiger partial charge in [0, 0.05) is 23.7 Å². The lowest BCUT2D eigenvalue weighted by Crippen LogP contribution is -2.24. The molecule has 0 radical (unpaired) electrons. The summed E-state index contributed by atoms with van der Waals surface area (Å²) in [6.45, 7) is 0.469. The summed E-state index contributed by atoms with van der Waals surface area (Å²) >= 11 is 0. The standard InChI is InChI=1S/C25H19F3N4O/c26-25(27,28)20-8-1-5-17(13-20)15-32-16-22-21(9-3-10-23(22)31-32)18-6-2-7-19(14-18)24(33)30-12-4-11-29/h1-3,5-10,13-14,16H,4,12,15H2,(H,30,33). The Morgan fingerprint density at radius 2 is 1.85 bits per heavy atom. The molecule has 1 N–H and O–H groups in total. The van der Waals surface area contributed by atoms with Crippen molar-refractivity contribution in [1.29, 1.82) is 5.26 Å². The molecular formula is C25H19F3N4O. The minimum absolute atomic E-state index is 0.194. The lowest BCUT2D eigenvalue weighted by Gasteiger charge is -2.08. The van der Waals surface area contributed by atoms with Crippen molar-refractivity contribution in [2.24, 2.45) is 0 Å². The Morgan fingerprint density at radius 3 is 2.64 bits per heavy atom. The van der Waals surface area contributed by atoms with Crippen LogP contribution in [-0.4, -0.2) is 22.2 Å². The van der Waals surface area contributed by atoms with Crippen LogP contribution in [0.15, 0.2) is 72.9 Å². The summed E-state index contributed by atoms with van der Waals surface area (Å²) in [5.74, 6) is -0.264. The van der Waals surface area contributed by atoms with Crippen molar-refractivity contribution in [3.05, 3.63) is 89.6 Å². The van der Waals surface area contributed by atoms with E-state index in [1.807, 2.05) is 30.3 Å². The number of carbonyl (C=O) groups is 1. The van der Waals surface area contributed by atoms with Crippen molar-refractivity contribution in [2.75, 3.05) is 6.54 Å². The van der Waals surface area contributed by atoms with E-state index in [4.69, 9.17) is 5.26 Å². The van der Waals surface area contributed by atoms with E-state index in [0.717, 1.165) is 28.6 Å². The van der Waals surface area contributed by atoms with Crippen LogP contribution >= 0.6 is 0 Å². The summed E-state index contributed by atoms with van der Waals surface area (Å²) in [4.78, 5) is 12.4. The average molecular weight is 448 g/mol. The molecule has 0 saturated carbocycles. The third-order valence-corrected chi connectivity index (χ3v) is 5.15. The van der Waals surface area contributed by atoms with Gasteiger partial charge in [-0.05, 0) is 47.0 Å². The highest BCUT2D eigenvalue weighted by atomic mass is 19.4. The molecule has 0 bridgehead atoms. The van der Waals surface area contributed by atoms with Crippen molar-refractivity contribution in [3.63, 3.8) is 0 Å². The van der Waals surface area contributed by atoms with Crippen molar-refractivity contribution in [1.82, 2.24) is 15.1 Å². The maximum atomic E-state index is 13.0. The second-order valence-corrected chi connectivity index (χ2v) is 7.51. The molecular weight excluding hydrogens is 429 g/mol.